The number of rotatable bonds is 3. The minimum Gasteiger partial charge on any atom is -0.294 e. The van der Waals surface area contributed by atoms with Crippen LogP contribution in [-0.4, -0.2) is 27.2 Å². The maximum absolute atomic E-state index is 4.64. The molecular formula is C16H26N2S. The number of pyridine rings is 1. The molecule has 0 spiro atoms. The molecule has 2 rings (SSSR count). The maximum atomic E-state index is 4.64. The van der Waals surface area contributed by atoms with Gasteiger partial charge in [0, 0.05) is 28.6 Å². The largest absolute Gasteiger partial charge is 0.294 e. The Hall–Kier alpha value is -0.540. The molecule has 1 aromatic rings. The van der Waals surface area contributed by atoms with Crippen molar-refractivity contribution in [2.45, 2.75) is 69.3 Å². The molecule has 19 heavy (non-hydrogen) atoms. The number of hydrogen-bond donors (Lipinski definition) is 0. The van der Waals surface area contributed by atoms with E-state index in [1.54, 1.807) is 0 Å². The smallest absolute Gasteiger partial charge is 0.101 e. The van der Waals surface area contributed by atoms with Crippen LogP contribution in [0.3, 0.4) is 0 Å². The fourth-order valence-corrected chi connectivity index (χ4v) is 3.79. The van der Waals surface area contributed by atoms with Gasteiger partial charge in [-0.05, 0) is 39.3 Å². The molecule has 3 heteroatoms. The second-order valence-corrected chi connectivity index (χ2v) is 8.42. The molecule has 1 atom stereocenters. The first-order chi connectivity index (χ1) is 8.88. The number of likely N-dealkylation sites (tertiary alicyclic amines) is 1. The Kier molecular flexibility index (Phi) is 4.57. The SMILES string of the molecule is CC(C)N1CCC[C@@H]1c1cccnc1SC(C)(C)C. The molecule has 2 heterocycles. The van der Waals surface area contributed by atoms with Gasteiger partial charge in [-0.2, -0.15) is 0 Å². The Morgan fingerprint density at radius 2 is 2.11 bits per heavy atom. The second kappa shape index (κ2) is 5.84. The molecular weight excluding hydrogens is 252 g/mol. The third kappa shape index (κ3) is 3.73. The predicted molar refractivity (Wildman–Crippen MR) is 83.7 cm³/mol. The molecule has 106 valence electrons. The molecule has 0 radical (unpaired) electrons. The molecule has 2 nitrogen and oxygen atoms in total. The van der Waals surface area contributed by atoms with Crippen LogP contribution >= 0.6 is 11.8 Å². The second-order valence-electron chi connectivity index (χ2n) is 6.60. The highest BCUT2D eigenvalue weighted by Gasteiger charge is 2.30. The number of nitrogens with zero attached hydrogens (tertiary/aromatic N) is 2. The minimum atomic E-state index is 0.213. The Morgan fingerprint density at radius 3 is 2.74 bits per heavy atom. The van der Waals surface area contributed by atoms with E-state index in [0.717, 1.165) is 0 Å². The van der Waals surface area contributed by atoms with Crippen LogP contribution in [0.15, 0.2) is 23.4 Å². The molecule has 0 aromatic carbocycles. The lowest BCUT2D eigenvalue weighted by Gasteiger charge is -2.30. The molecule has 1 aromatic heterocycles. The van der Waals surface area contributed by atoms with Crippen molar-refractivity contribution in [3.8, 4) is 0 Å². The molecule has 0 saturated carbocycles. The normalized spacial score (nSPS) is 21.3. The van der Waals surface area contributed by atoms with Crippen molar-refractivity contribution in [2.24, 2.45) is 0 Å². The lowest BCUT2D eigenvalue weighted by molar-refractivity contribution is 0.203. The monoisotopic (exact) mass is 278 g/mol. The summed E-state index contributed by atoms with van der Waals surface area (Å²) >= 11 is 1.89. The van der Waals surface area contributed by atoms with E-state index in [9.17, 15) is 0 Å². The first-order valence-electron chi connectivity index (χ1n) is 7.28. The summed E-state index contributed by atoms with van der Waals surface area (Å²) in [6, 6.07) is 5.52. The highest BCUT2D eigenvalue weighted by molar-refractivity contribution is 8.00. The van der Waals surface area contributed by atoms with Crippen molar-refractivity contribution in [3.05, 3.63) is 23.9 Å². The van der Waals surface area contributed by atoms with E-state index in [0.29, 0.717) is 12.1 Å². The van der Waals surface area contributed by atoms with Crippen LogP contribution in [0.25, 0.3) is 0 Å². The lowest BCUT2D eigenvalue weighted by Crippen LogP contribution is -2.30. The summed E-state index contributed by atoms with van der Waals surface area (Å²) in [6.45, 7) is 12.6. The molecule has 0 unspecified atom stereocenters. The molecule has 1 aliphatic rings. The Morgan fingerprint density at radius 1 is 1.37 bits per heavy atom. The molecule has 0 bridgehead atoms. The summed E-state index contributed by atoms with van der Waals surface area (Å²) in [5.74, 6) is 0. The van der Waals surface area contributed by atoms with Crippen molar-refractivity contribution < 1.29 is 0 Å². The molecule has 1 saturated heterocycles. The van der Waals surface area contributed by atoms with E-state index in [1.165, 1.54) is 30.0 Å². The van der Waals surface area contributed by atoms with Crippen LogP contribution in [0, 0.1) is 0 Å². The van der Waals surface area contributed by atoms with Crippen molar-refractivity contribution in [1.82, 2.24) is 9.88 Å². The van der Waals surface area contributed by atoms with Gasteiger partial charge < -0.3 is 0 Å². The van der Waals surface area contributed by atoms with Crippen molar-refractivity contribution >= 4 is 11.8 Å². The Labute approximate surface area is 122 Å². The van der Waals surface area contributed by atoms with E-state index in [-0.39, 0.29) is 4.75 Å². The third-order valence-electron chi connectivity index (χ3n) is 3.52. The topological polar surface area (TPSA) is 16.1 Å². The zero-order chi connectivity index (χ0) is 14.0. The van der Waals surface area contributed by atoms with Gasteiger partial charge in [-0.15, -0.1) is 11.8 Å². The van der Waals surface area contributed by atoms with E-state index in [1.807, 2.05) is 18.0 Å². The standard InChI is InChI=1S/C16H26N2S/c1-12(2)18-11-7-9-14(18)13-8-6-10-17-15(13)19-16(3,4)5/h6,8,10,12,14H,7,9,11H2,1-5H3/t14-/m1/s1. The summed E-state index contributed by atoms with van der Waals surface area (Å²) in [7, 11) is 0. The van der Waals surface area contributed by atoms with E-state index < -0.39 is 0 Å². The maximum Gasteiger partial charge on any atom is 0.101 e. The van der Waals surface area contributed by atoms with Crippen LogP contribution in [0.1, 0.15) is 59.1 Å². The van der Waals surface area contributed by atoms with Crippen molar-refractivity contribution in [3.63, 3.8) is 0 Å². The highest BCUT2D eigenvalue weighted by Crippen LogP contribution is 2.40. The zero-order valence-corrected chi connectivity index (χ0v) is 13.6. The van der Waals surface area contributed by atoms with Crippen LogP contribution in [-0.2, 0) is 0 Å². The number of aromatic nitrogens is 1. The number of thioether (sulfide) groups is 1. The first-order valence-corrected chi connectivity index (χ1v) is 8.10. The van der Waals surface area contributed by atoms with E-state index in [4.69, 9.17) is 0 Å². The van der Waals surface area contributed by atoms with Crippen molar-refractivity contribution in [1.29, 1.82) is 0 Å². The Balaban J connectivity index is 2.29. The van der Waals surface area contributed by atoms with Gasteiger partial charge in [-0.1, -0.05) is 26.8 Å². The van der Waals surface area contributed by atoms with E-state index >= 15 is 0 Å². The van der Waals surface area contributed by atoms with Gasteiger partial charge in [0.2, 0.25) is 0 Å². The molecule has 1 aliphatic heterocycles. The van der Waals surface area contributed by atoms with Gasteiger partial charge >= 0.3 is 0 Å². The van der Waals surface area contributed by atoms with Gasteiger partial charge in [0.1, 0.15) is 5.03 Å². The molecule has 0 amide bonds. The van der Waals surface area contributed by atoms with Gasteiger partial charge in [0.15, 0.2) is 0 Å². The minimum absolute atomic E-state index is 0.213. The Bertz CT molecular complexity index is 423. The first kappa shape index (κ1) is 14.9. The van der Waals surface area contributed by atoms with Crippen LogP contribution in [0.4, 0.5) is 0 Å². The predicted octanol–water partition coefficient (Wildman–Crippen LogP) is 4.52. The summed E-state index contributed by atoms with van der Waals surface area (Å²) in [6.07, 6.45) is 4.49. The summed E-state index contributed by atoms with van der Waals surface area (Å²) in [5, 5.41) is 1.22. The summed E-state index contributed by atoms with van der Waals surface area (Å²) in [5.41, 5.74) is 1.42. The van der Waals surface area contributed by atoms with Crippen LogP contribution in [0.5, 0.6) is 0 Å². The molecule has 1 fully saturated rings. The van der Waals surface area contributed by atoms with Gasteiger partial charge in [0.05, 0.1) is 0 Å². The highest BCUT2D eigenvalue weighted by atomic mass is 32.2. The fraction of sp³-hybridized carbons (Fsp3) is 0.688. The van der Waals surface area contributed by atoms with Crippen LogP contribution in [0.2, 0.25) is 0 Å². The van der Waals surface area contributed by atoms with Gasteiger partial charge in [-0.3, -0.25) is 4.90 Å². The lowest BCUT2D eigenvalue weighted by atomic mass is 10.1. The van der Waals surface area contributed by atoms with Crippen molar-refractivity contribution in [2.75, 3.05) is 6.54 Å². The third-order valence-corrected chi connectivity index (χ3v) is 4.67. The fourth-order valence-electron chi connectivity index (χ4n) is 2.77. The molecule has 0 aliphatic carbocycles. The van der Waals surface area contributed by atoms with Gasteiger partial charge in [-0.25, -0.2) is 4.98 Å². The summed E-state index contributed by atoms with van der Waals surface area (Å²) in [4.78, 5) is 7.25. The number of hydrogen-bond acceptors (Lipinski definition) is 3. The van der Waals surface area contributed by atoms with Gasteiger partial charge in [0.25, 0.3) is 0 Å². The van der Waals surface area contributed by atoms with E-state index in [2.05, 4.69) is 56.6 Å². The quantitative estimate of drug-likeness (QED) is 0.756. The summed E-state index contributed by atoms with van der Waals surface area (Å²) < 4.78 is 0.213. The zero-order valence-electron chi connectivity index (χ0n) is 12.8. The average Bonchev–Trinajstić information content (AvgIpc) is 2.76. The molecule has 0 N–H and O–H groups in total. The average molecular weight is 278 g/mol. The van der Waals surface area contributed by atoms with Crippen LogP contribution < -0.4 is 0 Å².